The van der Waals surface area contributed by atoms with E-state index in [1.807, 2.05) is 26.0 Å². The first-order chi connectivity index (χ1) is 11.5. The third-order valence-electron chi connectivity index (χ3n) is 3.81. The Labute approximate surface area is 194 Å². The zero-order chi connectivity index (χ0) is 19.3. The van der Waals surface area contributed by atoms with Crippen LogP contribution in [-0.2, 0) is 18.0 Å². The molecular weight excluding hydrogens is 372 g/mol. The number of alkyl halides is 3. The monoisotopic (exact) mass is 393 g/mol. The number of halogens is 3. The number of aromatic nitrogens is 2. The van der Waals surface area contributed by atoms with E-state index in [9.17, 15) is 18.0 Å². The van der Waals surface area contributed by atoms with Crippen molar-refractivity contribution in [2.24, 2.45) is 18.4 Å². The minimum Gasteiger partial charge on any atom is -0.665 e. The molecule has 5 nitrogen and oxygen atoms in total. The van der Waals surface area contributed by atoms with Gasteiger partial charge in [-0.1, -0.05) is 26.3 Å². The summed E-state index contributed by atoms with van der Waals surface area (Å²) in [6.07, 6.45) is 1.48. The van der Waals surface area contributed by atoms with Gasteiger partial charge >= 0.3 is 57.6 Å². The molecule has 0 aliphatic heterocycles. The third kappa shape index (κ3) is 7.62. The topological polar surface area (TPSA) is 72.8 Å². The van der Waals surface area contributed by atoms with Gasteiger partial charge in [0.1, 0.15) is 6.07 Å². The number of allylic oxidation sites excluding steroid dienone is 2. The Balaban J connectivity index is 0.000000497. The number of rotatable bonds is 3. The van der Waals surface area contributed by atoms with Crippen LogP contribution in [-0.4, -0.2) is 29.2 Å². The van der Waals surface area contributed by atoms with Crippen LogP contribution in [0.2, 0.25) is 0 Å². The summed E-state index contributed by atoms with van der Waals surface area (Å²) in [4.78, 5) is 11.8. The molecule has 0 fully saturated rings. The van der Waals surface area contributed by atoms with Crippen LogP contribution in [0.25, 0.3) is 5.32 Å². The number of hydrogen-bond donors (Lipinski definition) is 0. The van der Waals surface area contributed by atoms with Crippen molar-refractivity contribution in [3.8, 4) is 6.07 Å². The van der Waals surface area contributed by atoms with E-state index < -0.39 is 17.3 Å². The number of aryl methyl sites for hydroxylation is 1. The summed E-state index contributed by atoms with van der Waals surface area (Å²) in [5, 5.41) is 16.0. The number of Topliss-reactive ketones (excluding diaryl/α,β-unsaturated/α-hetero) is 1. The van der Waals surface area contributed by atoms with Crippen molar-refractivity contribution >= 4 is 5.78 Å². The molecule has 0 radical (unpaired) electrons. The van der Waals surface area contributed by atoms with E-state index in [2.05, 4.69) is 16.6 Å². The van der Waals surface area contributed by atoms with Gasteiger partial charge in [-0.3, -0.25) is 9.89 Å². The van der Waals surface area contributed by atoms with E-state index in [1.165, 1.54) is 7.05 Å². The van der Waals surface area contributed by atoms with Crippen LogP contribution < -0.4 is 51.4 Å². The van der Waals surface area contributed by atoms with Crippen molar-refractivity contribution in [2.45, 2.75) is 32.9 Å². The second-order valence-electron chi connectivity index (χ2n) is 6.48. The molecule has 0 saturated carbocycles. The van der Waals surface area contributed by atoms with Crippen molar-refractivity contribution in [3.05, 3.63) is 34.9 Å². The summed E-state index contributed by atoms with van der Waals surface area (Å²) in [7, 11) is 3.17. The number of nitrogens with zero attached hydrogens (tertiary/aromatic N) is 4. The molecule has 0 aromatic carbocycles. The van der Waals surface area contributed by atoms with Crippen LogP contribution in [0.3, 0.4) is 0 Å². The number of ketones is 1. The first kappa shape index (κ1) is 25.5. The van der Waals surface area contributed by atoms with E-state index >= 15 is 0 Å². The maximum absolute atomic E-state index is 11.8. The molecule has 26 heavy (non-hydrogen) atoms. The number of nitriles is 1. The van der Waals surface area contributed by atoms with Crippen molar-refractivity contribution in [1.82, 2.24) is 9.78 Å². The van der Waals surface area contributed by atoms with Crippen LogP contribution in [0, 0.1) is 28.9 Å². The van der Waals surface area contributed by atoms with E-state index in [-0.39, 0.29) is 57.2 Å². The molecule has 0 amide bonds. The quantitative estimate of drug-likeness (QED) is 0.560. The van der Waals surface area contributed by atoms with Gasteiger partial charge in [0.15, 0.2) is 5.78 Å². The maximum atomic E-state index is 11.8. The number of carbonyl (C=O) groups excluding carboxylic acids is 1. The van der Waals surface area contributed by atoms with Gasteiger partial charge in [0.2, 0.25) is 0 Å². The minimum absolute atomic E-state index is 0. The van der Waals surface area contributed by atoms with E-state index in [0.29, 0.717) is 11.5 Å². The Hall–Kier alpha value is -0.504. The third-order valence-corrected chi connectivity index (χ3v) is 3.81. The molecule has 1 aromatic heterocycles. The molecule has 2 rings (SSSR count). The number of hydrogen-bond acceptors (Lipinski definition) is 3. The SMILES string of the molecule is C[N-]CCC1C=C(C#N)C(=O)C(C)(C)C1.Cn1[c-]cc(C(F)(F)F)n1.[K+]. The van der Waals surface area contributed by atoms with Gasteiger partial charge in [-0.2, -0.15) is 31.5 Å². The zero-order valence-electron chi connectivity index (χ0n) is 15.7. The Morgan fingerprint density at radius 3 is 2.50 bits per heavy atom. The molecule has 9 heteroatoms. The average molecular weight is 393 g/mol. The maximum Gasteiger partial charge on any atom is 1.00 e. The zero-order valence-corrected chi connectivity index (χ0v) is 18.8. The Morgan fingerprint density at radius 1 is 1.50 bits per heavy atom. The van der Waals surface area contributed by atoms with Crippen molar-refractivity contribution in [1.29, 1.82) is 5.26 Å². The first-order valence-corrected chi connectivity index (χ1v) is 7.72. The van der Waals surface area contributed by atoms with Crippen LogP contribution in [0.15, 0.2) is 17.7 Å². The van der Waals surface area contributed by atoms with E-state index in [1.54, 1.807) is 7.05 Å². The Kier molecular flexibility index (Phi) is 10.5. The predicted molar refractivity (Wildman–Crippen MR) is 86.4 cm³/mol. The van der Waals surface area contributed by atoms with Crippen LogP contribution >= 0.6 is 0 Å². The molecular formula is C17H21F3KN4O-. The summed E-state index contributed by atoms with van der Waals surface area (Å²) in [5.41, 5.74) is -0.972. The second-order valence-corrected chi connectivity index (χ2v) is 6.48. The van der Waals surface area contributed by atoms with Crippen molar-refractivity contribution in [3.63, 3.8) is 0 Å². The van der Waals surface area contributed by atoms with Crippen LogP contribution in [0.5, 0.6) is 0 Å². The molecule has 138 valence electrons. The van der Waals surface area contributed by atoms with Gasteiger partial charge in [0.05, 0.1) is 5.57 Å². The molecule has 0 saturated heterocycles. The van der Waals surface area contributed by atoms with Gasteiger partial charge < -0.3 is 10.00 Å². The molecule has 1 heterocycles. The Morgan fingerprint density at radius 2 is 2.12 bits per heavy atom. The molecule has 0 N–H and O–H groups in total. The standard InChI is InChI=1S/C12H17N2O.C5H4F3N2.K/c1-12(2)7-9(4-5-14-3)6-10(8-13)11(12)15;1-10-3-2-4(9-10)5(6,7)8;/h6,9H,4-5,7H2,1-3H3;2H,1H3;/q2*-1;+1. The smallest absolute Gasteiger partial charge is 0.665 e. The number of carbonyl (C=O) groups is 1. The first-order valence-electron chi connectivity index (χ1n) is 7.72. The fraction of sp³-hybridized carbons (Fsp3) is 0.588. The van der Waals surface area contributed by atoms with Gasteiger partial charge in [-0.25, -0.2) is 0 Å². The van der Waals surface area contributed by atoms with Crippen LogP contribution in [0.4, 0.5) is 13.2 Å². The van der Waals surface area contributed by atoms with Crippen LogP contribution in [0.1, 0.15) is 32.4 Å². The van der Waals surface area contributed by atoms with E-state index in [4.69, 9.17) is 5.26 Å². The molecule has 1 aliphatic rings. The van der Waals surface area contributed by atoms with Gasteiger partial charge in [0, 0.05) is 18.2 Å². The molecule has 1 aliphatic carbocycles. The average Bonchev–Trinajstić information content (AvgIpc) is 2.95. The van der Waals surface area contributed by atoms with Crippen molar-refractivity contribution < 1.29 is 69.4 Å². The van der Waals surface area contributed by atoms with E-state index in [0.717, 1.165) is 30.1 Å². The molecule has 1 aromatic rings. The van der Waals surface area contributed by atoms with Gasteiger partial charge in [0.25, 0.3) is 0 Å². The summed E-state index contributed by atoms with van der Waals surface area (Å²) >= 11 is 0. The summed E-state index contributed by atoms with van der Waals surface area (Å²) in [6.45, 7) is 4.62. The largest absolute Gasteiger partial charge is 1.00 e. The molecule has 1 unspecified atom stereocenters. The minimum atomic E-state index is -4.35. The predicted octanol–water partition coefficient (Wildman–Crippen LogP) is 0.688. The summed E-state index contributed by atoms with van der Waals surface area (Å²) in [5.74, 6) is 0.297. The fourth-order valence-corrected chi connectivity index (χ4v) is 2.56. The molecule has 0 spiro atoms. The normalized spacial score (nSPS) is 18.8. The summed E-state index contributed by atoms with van der Waals surface area (Å²) < 4.78 is 36.1. The molecule has 1 atom stereocenters. The Bertz CT molecular complexity index is 674. The second kappa shape index (κ2) is 10.7. The molecule has 0 bridgehead atoms. The fourth-order valence-electron chi connectivity index (χ4n) is 2.56. The van der Waals surface area contributed by atoms with Gasteiger partial charge in [-0.05, 0) is 12.3 Å². The van der Waals surface area contributed by atoms with Crippen molar-refractivity contribution in [2.75, 3.05) is 13.6 Å². The van der Waals surface area contributed by atoms with Gasteiger partial charge in [-0.15, -0.1) is 12.7 Å². The summed E-state index contributed by atoms with van der Waals surface area (Å²) in [6, 6.07) is 2.80.